The Labute approximate surface area is 119 Å². The lowest BCUT2D eigenvalue weighted by molar-refractivity contribution is -0.210. The molecule has 2 aliphatic rings. The molecule has 4 rings (SSSR count). The van der Waals surface area contributed by atoms with E-state index in [1.807, 2.05) is 0 Å². The molecule has 102 valence electrons. The van der Waals surface area contributed by atoms with Crippen LogP contribution in [0.2, 0.25) is 0 Å². The van der Waals surface area contributed by atoms with Crippen molar-refractivity contribution in [2.24, 2.45) is 0 Å². The van der Waals surface area contributed by atoms with E-state index in [9.17, 15) is 0 Å². The van der Waals surface area contributed by atoms with Crippen LogP contribution >= 0.6 is 0 Å². The van der Waals surface area contributed by atoms with Gasteiger partial charge in [0.25, 0.3) is 0 Å². The third-order valence-corrected chi connectivity index (χ3v) is 4.49. The van der Waals surface area contributed by atoms with Gasteiger partial charge in [-0.3, -0.25) is 0 Å². The molecule has 0 radical (unpaired) electrons. The molecule has 1 saturated carbocycles. The Bertz CT molecular complexity index is 513. The zero-order chi connectivity index (χ0) is 13.4. The molecule has 0 unspecified atom stereocenters. The van der Waals surface area contributed by atoms with Crippen molar-refractivity contribution < 1.29 is 9.47 Å². The summed E-state index contributed by atoms with van der Waals surface area (Å²) >= 11 is 0. The Morgan fingerprint density at radius 2 is 1.00 bits per heavy atom. The van der Waals surface area contributed by atoms with Crippen LogP contribution in [0, 0.1) is 0 Å². The highest BCUT2D eigenvalue weighted by molar-refractivity contribution is 5.37. The molecule has 1 heterocycles. The normalized spacial score (nSPS) is 32.2. The summed E-state index contributed by atoms with van der Waals surface area (Å²) in [4.78, 5) is 0. The van der Waals surface area contributed by atoms with Crippen LogP contribution < -0.4 is 0 Å². The number of benzene rings is 2. The van der Waals surface area contributed by atoms with Crippen molar-refractivity contribution in [1.82, 2.24) is 0 Å². The summed E-state index contributed by atoms with van der Waals surface area (Å²) < 4.78 is 11.9. The highest BCUT2D eigenvalue weighted by atomic mass is 16.6. The first kappa shape index (κ1) is 12.1. The Kier molecular flexibility index (Phi) is 3.06. The lowest BCUT2D eigenvalue weighted by Gasteiger charge is -2.53. The van der Waals surface area contributed by atoms with Gasteiger partial charge in [0, 0.05) is 11.8 Å². The standard InChI is InChI=1S/C18H18O2/c1-3-7-13(8-4-1)15-16(14-9-5-2-6-10-14)18-17(15)19-11-12-20-18/h1-10,15-18H,11-12H2/t15-,16+,17+,18-. The van der Waals surface area contributed by atoms with Crippen LogP contribution in [0.5, 0.6) is 0 Å². The van der Waals surface area contributed by atoms with Gasteiger partial charge in [-0.1, -0.05) is 60.7 Å². The molecule has 2 heteroatoms. The Morgan fingerprint density at radius 3 is 1.40 bits per heavy atom. The van der Waals surface area contributed by atoms with Crippen molar-refractivity contribution in [3.63, 3.8) is 0 Å². The van der Waals surface area contributed by atoms with Gasteiger partial charge in [0.05, 0.1) is 25.4 Å². The molecule has 0 N–H and O–H groups in total. The summed E-state index contributed by atoms with van der Waals surface area (Å²) in [6, 6.07) is 21.4. The molecular formula is C18H18O2. The van der Waals surface area contributed by atoms with Crippen LogP contribution in [0.15, 0.2) is 60.7 Å². The van der Waals surface area contributed by atoms with Crippen LogP contribution in [0.4, 0.5) is 0 Å². The van der Waals surface area contributed by atoms with Gasteiger partial charge in [-0.2, -0.15) is 0 Å². The Morgan fingerprint density at radius 1 is 0.600 bits per heavy atom. The fourth-order valence-electron chi connectivity index (χ4n) is 3.58. The van der Waals surface area contributed by atoms with E-state index in [4.69, 9.17) is 9.47 Å². The molecule has 4 atom stereocenters. The van der Waals surface area contributed by atoms with Gasteiger partial charge < -0.3 is 9.47 Å². The summed E-state index contributed by atoms with van der Waals surface area (Å²) in [7, 11) is 0. The van der Waals surface area contributed by atoms with E-state index in [2.05, 4.69) is 60.7 Å². The molecule has 0 bridgehead atoms. The van der Waals surface area contributed by atoms with Gasteiger partial charge in [0.15, 0.2) is 0 Å². The number of ether oxygens (including phenoxy) is 2. The van der Waals surface area contributed by atoms with E-state index in [0.717, 1.165) is 0 Å². The molecule has 2 nitrogen and oxygen atoms in total. The lowest BCUT2D eigenvalue weighted by Crippen LogP contribution is -2.58. The first-order valence-corrected chi connectivity index (χ1v) is 7.28. The maximum absolute atomic E-state index is 5.97. The second-order valence-electron chi connectivity index (χ2n) is 5.54. The Hall–Kier alpha value is -1.64. The van der Waals surface area contributed by atoms with Gasteiger partial charge in [-0.15, -0.1) is 0 Å². The maximum atomic E-state index is 5.97. The summed E-state index contributed by atoms with van der Waals surface area (Å²) in [5.41, 5.74) is 2.71. The third-order valence-electron chi connectivity index (χ3n) is 4.49. The first-order valence-electron chi connectivity index (χ1n) is 7.28. The lowest BCUT2D eigenvalue weighted by atomic mass is 9.62. The van der Waals surface area contributed by atoms with Crippen LogP contribution in [0.3, 0.4) is 0 Å². The van der Waals surface area contributed by atoms with Gasteiger partial charge in [0.1, 0.15) is 0 Å². The highest BCUT2D eigenvalue weighted by Crippen LogP contribution is 2.53. The van der Waals surface area contributed by atoms with Gasteiger partial charge in [-0.25, -0.2) is 0 Å². The van der Waals surface area contributed by atoms with Gasteiger partial charge in [0.2, 0.25) is 0 Å². The summed E-state index contributed by atoms with van der Waals surface area (Å²) in [5, 5.41) is 0. The molecule has 1 aliphatic heterocycles. The molecule has 0 amide bonds. The fraction of sp³-hybridized carbons (Fsp3) is 0.333. The summed E-state index contributed by atoms with van der Waals surface area (Å²) in [5.74, 6) is 0.813. The second-order valence-corrected chi connectivity index (χ2v) is 5.54. The molecule has 1 aliphatic carbocycles. The van der Waals surface area contributed by atoms with Crippen molar-refractivity contribution in [2.75, 3.05) is 13.2 Å². The quantitative estimate of drug-likeness (QED) is 0.830. The fourth-order valence-corrected chi connectivity index (χ4v) is 3.58. The SMILES string of the molecule is c1ccc([C@@H]2[C@H]3OCCO[C@H]3[C@@H]2c2ccccc2)cc1. The third kappa shape index (κ3) is 1.88. The van der Waals surface area contributed by atoms with E-state index in [0.29, 0.717) is 25.0 Å². The Balaban J connectivity index is 1.71. The van der Waals surface area contributed by atoms with Crippen LogP contribution in [-0.2, 0) is 9.47 Å². The smallest absolute Gasteiger partial charge is 0.0919 e. The van der Waals surface area contributed by atoms with Crippen molar-refractivity contribution in [1.29, 1.82) is 0 Å². The molecule has 0 aromatic heterocycles. The highest BCUT2D eigenvalue weighted by Gasteiger charge is 2.54. The van der Waals surface area contributed by atoms with Crippen LogP contribution in [0.1, 0.15) is 23.0 Å². The number of fused-ring (bicyclic) bond motifs is 1. The predicted octanol–water partition coefficient (Wildman–Crippen LogP) is 3.35. The van der Waals surface area contributed by atoms with E-state index in [-0.39, 0.29) is 12.2 Å². The number of hydrogen-bond donors (Lipinski definition) is 0. The van der Waals surface area contributed by atoms with E-state index in [1.165, 1.54) is 11.1 Å². The average molecular weight is 266 g/mol. The van der Waals surface area contributed by atoms with E-state index in [1.54, 1.807) is 0 Å². The molecule has 20 heavy (non-hydrogen) atoms. The maximum Gasteiger partial charge on any atom is 0.0919 e. The van der Waals surface area contributed by atoms with Crippen molar-refractivity contribution in [2.45, 2.75) is 24.0 Å². The zero-order valence-corrected chi connectivity index (χ0v) is 11.3. The summed E-state index contributed by atoms with van der Waals surface area (Å²) in [6.45, 7) is 1.43. The van der Waals surface area contributed by atoms with Crippen molar-refractivity contribution in [3.05, 3.63) is 71.8 Å². The van der Waals surface area contributed by atoms with Gasteiger partial charge in [-0.05, 0) is 11.1 Å². The minimum Gasteiger partial charge on any atom is -0.372 e. The van der Waals surface area contributed by atoms with E-state index >= 15 is 0 Å². The number of hydrogen-bond acceptors (Lipinski definition) is 2. The summed E-state index contributed by atoms with van der Waals surface area (Å²) in [6.07, 6.45) is 0.410. The number of rotatable bonds is 2. The zero-order valence-electron chi connectivity index (χ0n) is 11.3. The predicted molar refractivity (Wildman–Crippen MR) is 77.8 cm³/mol. The van der Waals surface area contributed by atoms with Crippen molar-refractivity contribution in [3.8, 4) is 0 Å². The van der Waals surface area contributed by atoms with Crippen LogP contribution in [0.25, 0.3) is 0 Å². The minimum atomic E-state index is 0.205. The minimum absolute atomic E-state index is 0.205. The largest absolute Gasteiger partial charge is 0.372 e. The van der Waals surface area contributed by atoms with Crippen LogP contribution in [-0.4, -0.2) is 25.4 Å². The molecular weight excluding hydrogens is 248 g/mol. The topological polar surface area (TPSA) is 18.5 Å². The monoisotopic (exact) mass is 266 g/mol. The average Bonchev–Trinajstić information content (AvgIpc) is 2.51. The van der Waals surface area contributed by atoms with Gasteiger partial charge >= 0.3 is 0 Å². The molecule has 2 fully saturated rings. The first-order chi connectivity index (χ1) is 9.95. The molecule has 0 spiro atoms. The molecule has 2 aromatic rings. The van der Waals surface area contributed by atoms with E-state index < -0.39 is 0 Å². The molecule has 1 saturated heterocycles. The van der Waals surface area contributed by atoms with Crippen molar-refractivity contribution >= 4 is 0 Å². The molecule has 2 aromatic carbocycles. The second kappa shape index (κ2) is 5.04.